The Labute approximate surface area is 182 Å². The SMILES string of the molecule is CN(CCCC(=O)N1CCC[C@@H]1c1n[nH]c(Cc2ccc(F)cc2)n1)c1ccccc1. The maximum Gasteiger partial charge on any atom is 0.223 e. The van der Waals surface area contributed by atoms with Crippen molar-refractivity contribution in [3.63, 3.8) is 0 Å². The zero-order valence-corrected chi connectivity index (χ0v) is 17.8. The molecule has 1 N–H and O–H groups in total. The molecule has 0 unspecified atom stereocenters. The molecule has 1 atom stereocenters. The second-order valence-electron chi connectivity index (χ2n) is 8.05. The number of H-pyrrole nitrogens is 1. The molecule has 1 aliphatic rings. The number of hydrogen-bond acceptors (Lipinski definition) is 4. The highest BCUT2D eigenvalue weighted by atomic mass is 19.1. The highest BCUT2D eigenvalue weighted by Crippen LogP contribution is 2.30. The first kappa shape index (κ1) is 21.0. The van der Waals surface area contributed by atoms with Gasteiger partial charge in [-0.05, 0) is 49.1 Å². The van der Waals surface area contributed by atoms with Gasteiger partial charge in [-0.25, -0.2) is 9.37 Å². The molecule has 1 aromatic heterocycles. The van der Waals surface area contributed by atoms with Gasteiger partial charge in [0.25, 0.3) is 0 Å². The largest absolute Gasteiger partial charge is 0.375 e. The van der Waals surface area contributed by atoms with E-state index < -0.39 is 0 Å². The lowest BCUT2D eigenvalue weighted by Crippen LogP contribution is -2.31. The Morgan fingerprint density at radius 1 is 1.19 bits per heavy atom. The molecule has 6 nitrogen and oxygen atoms in total. The first-order valence-electron chi connectivity index (χ1n) is 10.8. The van der Waals surface area contributed by atoms with Crippen LogP contribution in [-0.4, -0.2) is 46.1 Å². The Morgan fingerprint density at radius 3 is 2.74 bits per heavy atom. The number of hydrogen-bond donors (Lipinski definition) is 1. The van der Waals surface area contributed by atoms with Crippen LogP contribution in [0.15, 0.2) is 54.6 Å². The third-order valence-electron chi connectivity index (χ3n) is 5.79. The van der Waals surface area contributed by atoms with E-state index in [-0.39, 0.29) is 17.8 Å². The monoisotopic (exact) mass is 421 g/mol. The average molecular weight is 422 g/mol. The summed E-state index contributed by atoms with van der Waals surface area (Å²) in [6.07, 6.45) is 3.71. The summed E-state index contributed by atoms with van der Waals surface area (Å²) in [5, 5.41) is 7.36. The van der Waals surface area contributed by atoms with Gasteiger partial charge < -0.3 is 9.80 Å². The molecule has 0 radical (unpaired) electrons. The van der Waals surface area contributed by atoms with E-state index in [2.05, 4.69) is 39.3 Å². The van der Waals surface area contributed by atoms with Crippen molar-refractivity contribution in [1.82, 2.24) is 20.1 Å². The Morgan fingerprint density at radius 2 is 1.97 bits per heavy atom. The van der Waals surface area contributed by atoms with Gasteiger partial charge in [-0.1, -0.05) is 30.3 Å². The fourth-order valence-corrected chi connectivity index (χ4v) is 4.09. The Hall–Kier alpha value is -3.22. The number of likely N-dealkylation sites (tertiary alicyclic amines) is 1. The summed E-state index contributed by atoms with van der Waals surface area (Å²) in [5.41, 5.74) is 2.12. The smallest absolute Gasteiger partial charge is 0.223 e. The molecule has 1 saturated heterocycles. The molecule has 0 spiro atoms. The van der Waals surface area contributed by atoms with E-state index in [1.165, 1.54) is 12.1 Å². The highest BCUT2D eigenvalue weighted by Gasteiger charge is 2.32. The second kappa shape index (κ2) is 9.73. The lowest BCUT2D eigenvalue weighted by Gasteiger charge is -2.24. The fraction of sp³-hybridized carbons (Fsp3) is 0.375. The van der Waals surface area contributed by atoms with Crippen LogP contribution in [0.25, 0.3) is 0 Å². The number of nitrogens with one attached hydrogen (secondary N) is 1. The third-order valence-corrected chi connectivity index (χ3v) is 5.79. The van der Waals surface area contributed by atoms with Gasteiger partial charge in [0.2, 0.25) is 5.91 Å². The van der Waals surface area contributed by atoms with E-state index in [1.807, 2.05) is 23.1 Å². The minimum absolute atomic E-state index is 0.0717. The summed E-state index contributed by atoms with van der Waals surface area (Å²) < 4.78 is 13.1. The van der Waals surface area contributed by atoms with Gasteiger partial charge >= 0.3 is 0 Å². The number of nitrogens with zero attached hydrogens (tertiary/aromatic N) is 4. The lowest BCUT2D eigenvalue weighted by molar-refractivity contribution is -0.132. The van der Waals surface area contributed by atoms with Crippen LogP contribution in [0.5, 0.6) is 0 Å². The zero-order chi connectivity index (χ0) is 21.6. The molecule has 2 heterocycles. The maximum absolute atomic E-state index is 13.1. The summed E-state index contributed by atoms with van der Waals surface area (Å²) in [5.74, 6) is 1.31. The van der Waals surface area contributed by atoms with Crippen molar-refractivity contribution in [3.8, 4) is 0 Å². The molecule has 0 aliphatic carbocycles. The topological polar surface area (TPSA) is 65.1 Å². The van der Waals surface area contributed by atoms with Crippen molar-refractivity contribution in [2.24, 2.45) is 0 Å². The van der Waals surface area contributed by atoms with Crippen LogP contribution < -0.4 is 4.90 Å². The molecule has 162 valence electrons. The molecular formula is C24H28FN5O. The molecule has 31 heavy (non-hydrogen) atoms. The van der Waals surface area contributed by atoms with Crippen LogP contribution in [0.1, 0.15) is 48.9 Å². The van der Waals surface area contributed by atoms with E-state index >= 15 is 0 Å². The minimum Gasteiger partial charge on any atom is -0.375 e. The molecule has 2 aromatic carbocycles. The molecule has 1 fully saturated rings. The fourth-order valence-electron chi connectivity index (χ4n) is 4.09. The number of rotatable bonds is 8. The van der Waals surface area contributed by atoms with E-state index in [0.717, 1.165) is 49.4 Å². The van der Waals surface area contributed by atoms with Gasteiger partial charge in [0.05, 0.1) is 6.04 Å². The Bertz CT molecular complexity index is 989. The molecule has 0 saturated carbocycles. The van der Waals surface area contributed by atoms with Gasteiger partial charge in [-0.3, -0.25) is 9.89 Å². The zero-order valence-electron chi connectivity index (χ0n) is 17.8. The summed E-state index contributed by atoms with van der Waals surface area (Å²) in [7, 11) is 2.05. The summed E-state index contributed by atoms with van der Waals surface area (Å²) in [6.45, 7) is 1.58. The van der Waals surface area contributed by atoms with Crippen LogP contribution in [0.3, 0.4) is 0 Å². The predicted molar refractivity (Wildman–Crippen MR) is 118 cm³/mol. The lowest BCUT2D eigenvalue weighted by atomic mass is 10.1. The number of amides is 1. The van der Waals surface area contributed by atoms with Crippen molar-refractivity contribution in [3.05, 3.63) is 77.6 Å². The second-order valence-corrected chi connectivity index (χ2v) is 8.05. The van der Waals surface area contributed by atoms with Crippen LogP contribution in [0.2, 0.25) is 0 Å². The number of aromatic amines is 1. The first-order valence-corrected chi connectivity index (χ1v) is 10.8. The van der Waals surface area contributed by atoms with Gasteiger partial charge in [0, 0.05) is 38.7 Å². The first-order chi connectivity index (χ1) is 15.1. The molecule has 1 amide bonds. The number of para-hydroxylation sites is 1. The maximum atomic E-state index is 13.1. The van der Waals surface area contributed by atoms with Gasteiger partial charge in [-0.2, -0.15) is 5.10 Å². The average Bonchev–Trinajstić information content (AvgIpc) is 3.45. The van der Waals surface area contributed by atoms with Crippen molar-refractivity contribution >= 4 is 11.6 Å². The molecule has 7 heteroatoms. The van der Waals surface area contributed by atoms with E-state index in [4.69, 9.17) is 0 Å². The highest BCUT2D eigenvalue weighted by molar-refractivity contribution is 5.77. The van der Waals surface area contributed by atoms with E-state index in [1.54, 1.807) is 12.1 Å². The normalized spacial score (nSPS) is 15.9. The number of aromatic nitrogens is 3. The Kier molecular flexibility index (Phi) is 6.60. The van der Waals surface area contributed by atoms with Crippen molar-refractivity contribution in [2.45, 2.75) is 38.1 Å². The molecule has 0 bridgehead atoms. The number of halogens is 1. The van der Waals surface area contributed by atoms with Crippen LogP contribution in [-0.2, 0) is 11.2 Å². The molecule has 3 aromatic rings. The number of benzene rings is 2. The van der Waals surface area contributed by atoms with Crippen LogP contribution in [0, 0.1) is 5.82 Å². The van der Waals surface area contributed by atoms with Gasteiger partial charge in [0.1, 0.15) is 11.6 Å². The van der Waals surface area contributed by atoms with Crippen molar-refractivity contribution < 1.29 is 9.18 Å². The molecule has 1 aliphatic heterocycles. The third kappa shape index (κ3) is 5.29. The van der Waals surface area contributed by atoms with E-state index in [9.17, 15) is 9.18 Å². The minimum atomic E-state index is -0.253. The number of carbonyl (C=O) groups excluding carboxylic acids is 1. The quantitative estimate of drug-likeness (QED) is 0.594. The van der Waals surface area contributed by atoms with Crippen molar-refractivity contribution in [1.29, 1.82) is 0 Å². The number of carbonyl (C=O) groups is 1. The van der Waals surface area contributed by atoms with Gasteiger partial charge in [-0.15, -0.1) is 0 Å². The van der Waals surface area contributed by atoms with E-state index in [0.29, 0.717) is 18.7 Å². The summed E-state index contributed by atoms with van der Waals surface area (Å²) >= 11 is 0. The van der Waals surface area contributed by atoms with Crippen LogP contribution >= 0.6 is 0 Å². The molecular weight excluding hydrogens is 393 g/mol. The van der Waals surface area contributed by atoms with Gasteiger partial charge in [0.15, 0.2) is 5.82 Å². The summed E-state index contributed by atoms with van der Waals surface area (Å²) in [6, 6.07) is 16.5. The summed E-state index contributed by atoms with van der Waals surface area (Å²) in [4.78, 5) is 21.6. The van der Waals surface area contributed by atoms with Crippen molar-refractivity contribution in [2.75, 3.05) is 25.0 Å². The molecule has 4 rings (SSSR count). The number of anilines is 1. The predicted octanol–water partition coefficient (Wildman–Crippen LogP) is 4.11. The van der Waals surface area contributed by atoms with Crippen LogP contribution in [0.4, 0.5) is 10.1 Å². The Balaban J connectivity index is 1.31. The standard InChI is InChI=1S/C24H28FN5O/c1-29(20-7-3-2-4-8-20)15-6-10-23(31)30-16-5-9-21(30)24-26-22(27-28-24)17-18-11-13-19(25)14-12-18/h2-4,7-8,11-14,21H,5-6,9-10,15-17H2,1H3,(H,26,27,28)/t21-/m1/s1.